The number of alkyl halides is 3. The molecule has 2 atom stereocenters. The third-order valence-corrected chi connectivity index (χ3v) is 4.80. The number of rotatable bonds is 6. The van der Waals surface area contributed by atoms with Gasteiger partial charge in [0.2, 0.25) is 5.91 Å². The number of aliphatic carboxylic acids is 1. The number of carbonyl (C=O) groups excluding carboxylic acids is 2. The molecule has 1 aromatic rings. The molecule has 7 nitrogen and oxygen atoms in total. The van der Waals surface area contributed by atoms with Gasteiger partial charge < -0.3 is 21.1 Å². The van der Waals surface area contributed by atoms with E-state index in [2.05, 4.69) is 32.2 Å². The van der Waals surface area contributed by atoms with Gasteiger partial charge in [-0.05, 0) is 36.3 Å². The number of benzene rings is 1. The average molecular weight is 472 g/mol. The molecule has 0 unspecified atom stereocenters. The first-order valence-electron chi connectivity index (χ1n) is 10.6. The zero-order valence-corrected chi connectivity index (χ0v) is 19.3. The van der Waals surface area contributed by atoms with Crippen LogP contribution in [0.1, 0.15) is 46.1 Å². The van der Waals surface area contributed by atoms with Crippen molar-refractivity contribution in [1.82, 2.24) is 5.32 Å². The van der Waals surface area contributed by atoms with Crippen molar-refractivity contribution in [2.75, 3.05) is 11.4 Å². The third-order valence-electron chi connectivity index (χ3n) is 4.80. The predicted octanol–water partition coefficient (Wildman–Crippen LogP) is 3.42. The fourth-order valence-corrected chi connectivity index (χ4v) is 3.16. The number of nitrogens with zero attached hydrogens (tertiary/aromatic N) is 1. The number of para-hydroxylation sites is 1. The summed E-state index contributed by atoms with van der Waals surface area (Å²) < 4.78 is 31.7. The van der Waals surface area contributed by atoms with E-state index in [1.54, 1.807) is 17.1 Å². The Balaban J connectivity index is 0.000000675. The van der Waals surface area contributed by atoms with Crippen LogP contribution in [0.3, 0.4) is 0 Å². The number of fused-ring (bicyclic) bond motifs is 1. The number of carboxylic acids is 1. The number of hydrogen-bond donors (Lipinski definition) is 3. The first-order chi connectivity index (χ1) is 15.2. The lowest BCUT2D eigenvalue weighted by Crippen LogP contribution is -2.45. The van der Waals surface area contributed by atoms with E-state index in [0.29, 0.717) is 13.0 Å². The first kappa shape index (κ1) is 28.2. The summed E-state index contributed by atoms with van der Waals surface area (Å²) in [6.07, 6.45) is 0.491. The lowest BCUT2D eigenvalue weighted by molar-refractivity contribution is -0.192. The van der Waals surface area contributed by atoms with Crippen molar-refractivity contribution in [3.63, 3.8) is 0 Å². The molecule has 0 aliphatic carbocycles. The van der Waals surface area contributed by atoms with Crippen molar-refractivity contribution in [2.24, 2.45) is 11.1 Å². The average Bonchev–Trinajstić information content (AvgIpc) is 3.14. The van der Waals surface area contributed by atoms with Crippen LogP contribution in [-0.4, -0.2) is 47.7 Å². The summed E-state index contributed by atoms with van der Waals surface area (Å²) >= 11 is 0. The van der Waals surface area contributed by atoms with Gasteiger partial charge in [-0.2, -0.15) is 13.2 Å². The number of carbonyl (C=O) groups is 3. The van der Waals surface area contributed by atoms with Crippen molar-refractivity contribution in [3.05, 3.63) is 42.0 Å². The first-order valence-corrected chi connectivity index (χ1v) is 10.6. The Morgan fingerprint density at radius 3 is 2.30 bits per heavy atom. The molecule has 1 aliphatic heterocycles. The highest BCUT2D eigenvalue weighted by Crippen LogP contribution is 2.28. The molecule has 2 amide bonds. The Morgan fingerprint density at radius 1 is 1.21 bits per heavy atom. The monoisotopic (exact) mass is 471 g/mol. The summed E-state index contributed by atoms with van der Waals surface area (Å²) in [4.78, 5) is 35.5. The molecule has 0 spiro atoms. The van der Waals surface area contributed by atoms with Gasteiger partial charge in [-0.3, -0.25) is 9.59 Å². The molecule has 1 aromatic carbocycles. The van der Waals surface area contributed by atoms with E-state index in [0.717, 1.165) is 18.5 Å². The van der Waals surface area contributed by atoms with E-state index in [9.17, 15) is 22.8 Å². The van der Waals surface area contributed by atoms with E-state index in [4.69, 9.17) is 15.6 Å². The number of anilines is 1. The summed E-state index contributed by atoms with van der Waals surface area (Å²) in [5, 5.41) is 10.1. The van der Waals surface area contributed by atoms with Gasteiger partial charge in [-0.1, -0.05) is 52.0 Å². The molecule has 1 heterocycles. The highest BCUT2D eigenvalue weighted by Gasteiger charge is 2.38. The zero-order chi connectivity index (χ0) is 25.4. The minimum absolute atomic E-state index is 0.0158. The molecule has 184 valence electrons. The third kappa shape index (κ3) is 9.65. The highest BCUT2D eigenvalue weighted by molar-refractivity contribution is 6.03. The van der Waals surface area contributed by atoms with Crippen molar-refractivity contribution in [2.45, 2.75) is 65.2 Å². The highest BCUT2D eigenvalue weighted by atomic mass is 19.4. The standard InChI is InChI=1S/C21H31N3O2.C2HF3O2/c1-5-17(22)20(26)23-16(14-21(2,3)4)10-11-19(25)24-13-12-15-8-6-7-9-18(15)24;3-2(4,5)1(6)7/h6-11,16-17H,5,12-14,22H2,1-4H3,(H,23,26);(H,6,7)/b11-10+;/t16-,17+;/m1./s1. The topological polar surface area (TPSA) is 113 Å². The predicted molar refractivity (Wildman–Crippen MR) is 120 cm³/mol. The molecule has 0 saturated heterocycles. The van der Waals surface area contributed by atoms with Crippen LogP contribution in [-0.2, 0) is 20.8 Å². The van der Waals surface area contributed by atoms with Crippen molar-refractivity contribution >= 4 is 23.5 Å². The smallest absolute Gasteiger partial charge is 0.475 e. The van der Waals surface area contributed by atoms with Crippen LogP contribution in [0.5, 0.6) is 0 Å². The minimum atomic E-state index is -5.08. The number of halogens is 3. The molecule has 0 aromatic heterocycles. The Hall–Kier alpha value is -2.88. The summed E-state index contributed by atoms with van der Waals surface area (Å²) in [5.74, 6) is -2.99. The van der Waals surface area contributed by atoms with Crippen molar-refractivity contribution in [3.8, 4) is 0 Å². The number of nitrogens with two attached hydrogens (primary N) is 1. The van der Waals surface area contributed by atoms with Crippen LogP contribution in [0.25, 0.3) is 0 Å². The molecule has 4 N–H and O–H groups in total. The minimum Gasteiger partial charge on any atom is -0.475 e. The number of amides is 2. The molecule has 0 saturated carbocycles. The Morgan fingerprint density at radius 2 is 1.79 bits per heavy atom. The zero-order valence-electron chi connectivity index (χ0n) is 19.3. The van der Waals surface area contributed by atoms with E-state index in [1.807, 2.05) is 25.1 Å². The fraction of sp³-hybridized carbons (Fsp3) is 0.522. The maximum absolute atomic E-state index is 12.7. The largest absolute Gasteiger partial charge is 0.490 e. The van der Waals surface area contributed by atoms with Gasteiger partial charge in [0.1, 0.15) is 0 Å². The molecule has 10 heteroatoms. The van der Waals surface area contributed by atoms with Gasteiger partial charge in [0.25, 0.3) is 5.91 Å². The van der Waals surface area contributed by atoms with E-state index in [1.165, 1.54) is 5.56 Å². The van der Waals surface area contributed by atoms with Gasteiger partial charge in [-0.25, -0.2) is 4.79 Å². The number of hydrogen-bond acceptors (Lipinski definition) is 4. The molecule has 33 heavy (non-hydrogen) atoms. The molecular formula is C23H32F3N3O4. The molecule has 0 radical (unpaired) electrons. The number of nitrogens with one attached hydrogen (secondary N) is 1. The van der Waals surface area contributed by atoms with Crippen molar-refractivity contribution < 1.29 is 32.7 Å². The Labute approximate surface area is 191 Å². The van der Waals surface area contributed by atoms with Crippen LogP contribution >= 0.6 is 0 Å². The fourth-order valence-electron chi connectivity index (χ4n) is 3.16. The summed E-state index contributed by atoms with van der Waals surface area (Å²) in [6.45, 7) is 8.90. The lowest BCUT2D eigenvalue weighted by atomic mass is 9.87. The van der Waals surface area contributed by atoms with E-state index >= 15 is 0 Å². The van der Waals surface area contributed by atoms with Gasteiger partial charge in [-0.15, -0.1) is 0 Å². The Bertz CT molecular complexity index is 863. The van der Waals surface area contributed by atoms with Crippen LogP contribution in [0.2, 0.25) is 0 Å². The van der Waals surface area contributed by atoms with E-state index < -0.39 is 18.2 Å². The molecular weight excluding hydrogens is 439 g/mol. The quantitative estimate of drug-likeness (QED) is 0.551. The second kappa shape index (κ2) is 11.8. The summed E-state index contributed by atoms with van der Waals surface area (Å²) in [6, 6.07) is 7.23. The van der Waals surface area contributed by atoms with Gasteiger partial charge >= 0.3 is 12.1 Å². The van der Waals surface area contributed by atoms with Crippen LogP contribution in [0, 0.1) is 5.41 Å². The number of carboxylic acid groups (broad SMARTS) is 1. The van der Waals surface area contributed by atoms with Gasteiger partial charge in [0.05, 0.1) is 6.04 Å². The maximum Gasteiger partial charge on any atom is 0.490 e. The summed E-state index contributed by atoms with van der Waals surface area (Å²) in [5.41, 5.74) is 8.02. The van der Waals surface area contributed by atoms with E-state index in [-0.39, 0.29) is 23.3 Å². The molecule has 2 rings (SSSR count). The second-order valence-electron chi connectivity index (χ2n) is 8.93. The normalized spacial score (nSPS) is 15.3. The van der Waals surface area contributed by atoms with Gasteiger partial charge in [0.15, 0.2) is 0 Å². The summed E-state index contributed by atoms with van der Waals surface area (Å²) in [7, 11) is 0. The molecule has 0 bridgehead atoms. The maximum atomic E-state index is 12.7. The lowest BCUT2D eigenvalue weighted by Gasteiger charge is -2.26. The van der Waals surface area contributed by atoms with Crippen LogP contribution < -0.4 is 16.0 Å². The van der Waals surface area contributed by atoms with Crippen molar-refractivity contribution in [1.29, 1.82) is 0 Å². The van der Waals surface area contributed by atoms with Crippen LogP contribution in [0.4, 0.5) is 18.9 Å². The Kier molecular flexibility index (Phi) is 10.1. The SMILES string of the molecule is CC[C@H](N)C(=O)N[C@H](/C=C/C(=O)N1CCc2ccccc21)CC(C)(C)C.O=C(O)C(F)(F)F. The second-order valence-corrected chi connectivity index (χ2v) is 8.93. The van der Waals surface area contributed by atoms with Gasteiger partial charge in [0, 0.05) is 24.4 Å². The van der Waals surface area contributed by atoms with Crippen LogP contribution in [0.15, 0.2) is 36.4 Å². The molecule has 1 aliphatic rings. The molecule has 0 fully saturated rings.